The first-order chi connectivity index (χ1) is 11.4. The van der Waals surface area contributed by atoms with E-state index in [9.17, 15) is 13.6 Å². The van der Waals surface area contributed by atoms with E-state index in [1.165, 1.54) is 0 Å². The zero-order valence-corrected chi connectivity index (χ0v) is 13.9. The smallest absolute Gasteiger partial charge is 0.261 e. The van der Waals surface area contributed by atoms with Crippen LogP contribution >= 0.6 is 0 Å². The summed E-state index contributed by atoms with van der Waals surface area (Å²) in [4.78, 5) is 20.1. The monoisotopic (exact) mass is 339 g/mol. The fraction of sp³-hybridized carbons (Fsp3) is 0.647. The summed E-state index contributed by atoms with van der Waals surface area (Å²) in [7, 11) is 1.57. The van der Waals surface area contributed by atoms with Crippen molar-refractivity contribution in [2.24, 2.45) is 5.41 Å². The van der Waals surface area contributed by atoms with E-state index < -0.39 is 11.3 Å². The molecule has 0 unspecified atom stereocenters. The minimum absolute atomic E-state index is 0.154. The molecule has 5 nitrogen and oxygen atoms in total. The van der Waals surface area contributed by atoms with Gasteiger partial charge in [0.1, 0.15) is 0 Å². The van der Waals surface area contributed by atoms with E-state index in [0.29, 0.717) is 39.2 Å². The molecule has 0 bridgehead atoms. The lowest BCUT2D eigenvalue weighted by Gasteiger charge is -2.43. The lowest BCUT2D eigenvalue weighted by molar-refractivity contribution is -0.155. The molecule has 132 valence electrons. The molecule has 3 heterocycles. The number of rotatable bonds is 5. The maximum atomic E-state index is 14.4. The van der Waals surface area contributed by atoms with Gasteiger partial charge in [0.15, 0.2) is 0 Å². The molecule has 0 N–H and O–H groups in total. The molecular weight excluding hydrogens is 316 g/mol. The molecule has 1 aromatic rings. The standard InChI is InChI=1S/C17H23F2N3O2/c1-24-9-8-22-7-4-16(15(22)23)11-17(18,19)13-21(12-16)10-14-2-5-20-6-3-14/h2-3,5-6H,4,7-13H2,1H3/t16-/m0/s1. The zero-order valence-electron chi connectivity index (χ0n) is 13.9. The van der Waals surface area contributed by atoms with Gasteiger partial charge in [-0.1, -0.05) is 0 Å². The number of piperidine rings is 1. The Morgan fingerprint density at radius 3 is 2.75 bits per heavy atom. The number of alkyl halides is 2. The number of amides is 1. The molecule has 2 aliphatic rings. The number of carbonyl (C=O) groups excluding carboxylic acids is 1. The van der Waals surface area contributed by atoms with Crippen LogP contribution in [0.2, 0.25) is 0 Å². The fourth-order valence-corrected chi connectivity index (χ4v) is 3.89. The van der Waals surface area contributed by atoms with Gasteiger partial charge < -0.3 is 9.64 Å². The Balaban J connectivity index is 1.75. The molecule has 0 saturated carbocycles. The number of hydrogen-bond donors (Lipinski definition) is 0. The third kappa shape index (κ3) is 3.57. The van der Waals surface area contributed by atoms with Crippen LogP contribution in [0.1, 0.15) is 18.4 Å². The van der Waals surface area contributed by atoms with E-state index in [0.717, 1.165) is 5.56 Å². The van der Waals surface area contributed by atoms with Gasteiger partial charge in [-0.3, -0.25) is 14.7 Å². The number of halogens is 2. The molecular formula is C17H23F2N3O2. The first kappa shape index (κ1) is 17.2. The number of ether oxygens (including phenoxy) is 1. The van der Waals surface area contributed by atoms with Gasteiger partial charge in [0, 0.05) is 52.1 Å². The number of carbonyl (C=O) groups is 1. The summed E-state index contributed by atoms with van der Waals surface area (Å²) in [6.07, 6.45) is 3.44. The van der Waals surface area contributed by atoms with Crippen molar-refractivity contribution in [2.45, 2.75) is 25.3 Å². The average Bonchev–Trinajstić information content (AvgIpc) is 2.80. The molecule has 3 rings (SSSR count). The van der Waals surface area contributed by atoms with Crippen molar-refractivity contribution in [2.75, 3.05) is 39.9 Å². The quantitative estimate of drug-likeness (QED) is 0.820. The Labute approximate surface area is 140 Å². The predicted molar refractivity (Wildman–Crippen MR) is 84.6 cm³/mol. The molecule has 1 aromatic heterocycles. The number of methoxy groups -OCH3 is 1. The summed E-state index contributed by atoms with van der Waals surface area (Å²) >= 11 is 0. The Morgan fingerprint density at radius 2 is 2.04 bits per heavy atom. The molecule has 1 spiro atoms. The van der Waals surface area contributed by atoms with E-state index in [1.54, 1.807) is 29.3 Å². The Kier molecular flexibility index (Phi) is 4.83. The van der Waals surface area contributed by atoms with E-state index in [4.69, 9.17) is 4.74 Å². The summed E-state index contributed by atoms with van der Waals surface area (Å²) in [5.74, 6) is -3.00. The Bertz CT molecular complexity index is 584. The highest BCUT2D eigenvalue weighted by molar-refractivity contribution is 5.85. The Hall–Kier alpha value is -1.60. The molecule has 2 saturated heterocycles. The minimum Gasteiger partial charge on any atom is -0.383 e. The molecule has 1 amide bonds. The van der Waals surface area contributed by atoms with Crippen molar-refractivity contribution in [3.8, 4) is 0 Å². The first-order valence-corrected chi connectivity index (χ1v) is 8.22. The molecule has 1 atom stereocenters. The minimum atomic E-state index is -2.85. The summed E-state index contributed by atoms with van der Waals surface area (Å²) in [5.41, 5.74) is -0.0396. The van der Waals surface area contributed by atoms with Crippen LogP contribution in [-0.2, 0) is 16.1 Å². The third-order valence-electron chi connectivity index (χ3n) is 4.90. The van der Waals surface area contributed by atoms with Gasteiger partial charge in [-0.25, -0.2) is 8.78 Å². The SMILES string of the molecule is COCCN1CC[C@]2(CN(Cc3ccncc3)CC(F)(F)C2)C1=O. The van der Waals surface area contributed by atoms with E-state index >= 15 is 0 Å². The highest BCUT2D eigenvalue weighted by Gasteiger charge is 2.56. The molecule has 2 fully saturated rings. The van der Waals surface area contributed by atoms with Gasteiger partial charge in [0.2, 0.25) is 5.91 Å². The van der Waals surface area contributed by atoms with Gasteiger partial charge >= 0.3 is 0 Å². The van der Waals surface area contributed by atoms with E-state index in [-0.39, 0.29) is 18.9 Å². The largest absolute Gasteiger partial charge is 0.383 e. The van der Waals surface area contributed by atoms with Crippen LogP contribution < -0.4 is 0 Å². The van der Waals surface area contributed by atoms with Gasteiger partial charge in [0.25, 0.3) is 5.92 Å². The second kappa shape index (κ2) is 6.72. The summed E-state index contributed by atoms with van der Waals surface area (Å²) in [6.45, 7) is 1.91. The van der Waals surface area contributed by atoms with Crippen molar-refractivity contribution in [1.82, 2.24) is 14.8 Å². The topological polar surface area (TPSA) is 45.7 Å². The lowest BCUT2D eigenvalue weighted by atomic mass is 9.77. The number of pyridine rings is 1. The van der Waals surface area contributed by atoms with Crippen molar-refractivity contribution >= 4 is 5.91 Å². The van der Waals surface area contributed by atoms with E-state index in [2.05, 4.69) is 4.98 Å². The van der Waals surface area contributed by atoms with Crippen molar-refractivity contribution in [1.29, 1.82) is 0 Å². The summed E-state index contributed by atoms with van der Waals surface area (Å²) < 4.78 is 33.7. The highest BCUT2D eigenvalue weighted by Crippen LogP contribution is 2.45. The molecule has 7 heteroatoms. The van der Waals surface area contributed by atoms with Crippen LogP contribution in [0.5, 0.6) is 0 Å². The molecule has 0 radical (unpaired) electrons. The van der Waals surface area contributed by atoms with Crippen LogP contribution in [0.4, 0.5) is 8.78 Å². The summed E-state index contributed by atoms with van der Waals surface area (Å²) in [6, 6.07) is 3.64. The second-order valence-electron chi connectivity index (χ2n) is 6.85. The lowest BCUT2D eigenvalue weighted by Crippen LogP contribution is -2.55. The molecule has 2 aliphatic heterocycles. The number of hydrogen-bond acceptors (Lipinski definition) is 4. The van der Waals surface area contributed by atoms with Crippen LogP contribution in [-0.4, -0.2) is 66.5 Å². The van der Waals surface area contributed by atoms with Crippen molar-refractivity contribution in [3.63, 3.8) is 0 Å². The van der Waals surface area contributed by atoms with Crippen molar-refractivity contribution < 1.29 is 18.3 Å². The van der Waals surface area contributed by atoms with E-state index in [1.807, 2.05) is 12.1 Å². The molecule has 0 aromatic carbocycles. The van der Waals surface area contributed by atoms with Crippen LogP contribution in [0.15, 0.2) is 24.5 Å². The first-order valence-electron chi connectivity index (χ1n) is 8.22. The predicted octanol–water partition coefficient (Wildman–Crippen LogP) is 1.79. The number of likely N-dealkylation sites (tertiary alicyclic amines) is 2. The average molecular weight is 339 g/mol. The van der Waals surface area contributed by atoms with Crippen molar-refractivity contribution in [3.05, 3.63) is 30.1 Å². The maximum Gasteiger partial charge on any atom is 0.261 e. The third-order valence-corrected chi connectivity index (χ3v) is 4.90. The zero-order chi connectivity index (χ0) is 17.2. The highest BCUT2D eigenvalue weighted by atomic mass is 19.3. The molecule has 0 aliphatic carbocycles. The second-order valence-corrected chi connectivity index (χ2v) is 6.85. The maximum absolute atomic E-state index is 14.4. The Morgan fingerprint density at radius 1 is 1.29 bits per heavy atom. The van der Waals surface area contributed by atoms with Gasteiger partial charge in [-0.15, -0.1) is 0 Å². The summed E-state index contributed by atoms with van der Waals surface area (Å²) in [5, 5.41) is 0. The van der Waals surface area contributed by atoms with Crippen LogP contribution in [0, 0.1) is 5.41 Å². The van der Waals surface area contributed by atoms with Gasteiger partial charge in [-0.2, -0.15) is 0 Å². The number of nitrogens with zero attached hydrogens (tertiary/aromatic N) is 3. The molecule has 24 heavy (non-hydrogen) atoms. The van der Waals surface area contributed by atoms with Crippen LogP contribution in [0.3, 0.4) is 0 Å². The normalized spacial score (nSPS) is 27.1. The fourth-order valence-electron chi connectivity index (χ4n) is 3.89. The number of aromatic nitrogens is 1. The van der Waals surface area contributed by atoms with Crippen LogP contribution in [0.25, 0.3) is 0 Å². The van der Waals surface area contributed by atoms with Gasteiger partial charge in [0.05, 0.1) is 18.6 Å². The van der Waals surface area contributed by atoms with Gasteiger partial charge in [-0.05, 0) is 24.1 Å².